The first-order chi connectivity index (χ1) is 17.0. The van der Waals surface area contributed by atoms with Crippen molar-refractivity contribution in [2.45, 2.75) is 13.0 Å². The molecule has 0 bridgehead atoms. The molecule has 5 nitrogen and oxygen atoms in total. The third-order valence-electron chi connectivity index (χ3n) is 6.08. The van der Waals surface area contributed by atoms with Crippen molar-refractivity contribution >= 4 is 45.5 Å². The van der Waals surface area contributed by atoms with Gasteiger partial charge in [-0.05, 0) is 65.7 Å². The highest BCUT2D eigenvalue weighted by Gasteiger charge is 2.47. The van der Waals surface area contributed by atoms with E-state index in [4.69, 9.17) is 16.3 Å². The van der Waals surface area contributed by atoms with Gasteiger partial charge in [0.25, 0.3) is 11.7 Å². The third-order valence-corrected chi connectivity index (χ3v) is 6.33. The first kappa shape index (κ1) is 22.7. The van der Waals surface area contributed by atoms with E-state index in [1.54, 1.807) is 54.6 Å². The van der Waals surface area contributed by atoms with Gasteiger partial charge in [-0.2, -0.15) is 0 Å². The number of nitrogens with zero attached hydrogens (tertiary/aromatic N) is 1. The number of ether oxygens (including phenoxy) is 1. The second kappa shape index (κ2) is 9.28. The highest BCUT2D eigenvalue weighted by atomic mass is 35.5. The number of ketones is 1. The summed E-state index contributed by atoms with van der Waals surface area (Å²) < 4.78 is 5.51. The quantitative estimate of drug-likeness (QED) is 0.199. The van der Waals surface area contributed by atoms with E-state index in [2.05, 4.69) is 0 Å². The van der Waals surface area contributed by atoms with Crippen LogP contribution in [0, 0.1) is 0 Å². The van der Waals surface area contributed by atoms with Crippen LogP contribution in [0.25, 0.3) is 16.5 Å². The number of carbonyl (C=O) groups excluding carboxylic acids is 2. The van der Waals surface area contributed by atoms with Gasteiger partial charge in [-0.15, -0.1) is 0 Å². The summed E-state index contributed by atoms with van der Waals surface area (Å²) >= 11 is 6.10. The highest BCUT2D eigenvalue weighted by Crippen LogP contribution is 2.42. The molecule has 4 aromatic rings. The molecule has 4 aromatic carbocycles. The average molecular weight is 484 g/mol. The van der Waals surface area contributed by atoms with E-state index < -0.39 is 17.7 Å². The minimum absolute atomic E-state index is 0.0292. The van der Waals surface area contributed by atoms with Crippen LogP contribution >= 0.6 is 11.6 Å². The molecule has 1 unspecified atom stereocenters. The summed E-state index contributed by atoms with van der Waals surface area (Å²) in [6, 6.07) is 26.2. The second-order valence-corrected chi connectivity index (χ2v) is 8.65. The lowest BCUT2D eigenvalue weighted by Gasteiger charge is -2.25. The number of fused-ring (bicyclic) bond motifs is 1. The Kier molecular flexibility index (Phi) is 6.01. The van der Waals surface area contributed by atoms with Gasteiger partial charge >= 0.3 is 0 Å². The lowest BCUT2D eigenvalue weighted by atomic mass is 9.94. The fraction of sp³-hybridized carbons (Fsp3) is 0.103. The molecule has 1 aliphatic rings. The molecular weight excluding hydrogens is 462 g/mol. The number of hydrogen-bond acceptors (Lipinski definition) is 4. The molecule has 1 atom stereocenters. The lowest BCUT2D eigenvalue weighted by Crippen LogP contribution is -2.29. The van der Waals surface area contributed by atoms with E-state index in [9.17, 15) is 14.7 Å². The minimum atomic E-state index is -0.823. The molecule has 0 saturated carbocycles. The van der Waals surface area contributed by atoms with Crippen LogP contribution in [0.2, 0.25) is 5.02 Å². The zero-order valence-corrected chi connectivity index (χ0v) is 19.7. The van der Waals surface area contributed by atoms with Crippen molar-refractivity contribution in [2.24, 2.45) is 0 Å². The molecule has 0 spiro atoms. The predicted octanol–water partition coefficient (Wildman–Crippen LogP) is 6.52. The van der Waals surface area contributed by atoms with Crippen LogP contribution in [0.15, 0.2) is 96.6 Å². The second-order valence-electron chi connectivity index (χ2n) is 8.21. The Balaban J connectivity index is 1.68. The number of hydrogen-bond donors (Lipinski definition) is 1. The van der Waals surface area contributed by atoms with E-state index in [-0.39, 0.29) is 11.3 Å². The van der Waals surface area contributed by atoms with Crippen molar-refractivity contribution in [1.29, 1.82) is 0 Å². The van der Waals surface area contributed by atoms with E-state index >= 15 is 0 Å². The molecule has 0 radical (unpaired) electrons. The molecule has 35 heavy (non-hydrogen) atoms. The van der Waals surface area contributed by atoms with E-state index in [1.165, 1.54) is 4.90 Å². The Morgan fingerprint density at radius 1 is 0.914 bits per heavy atom. The van der Waals surface area contributed by atoms with Gasteiger partial charge in [-0.25, -0.2) is 0 Å². The molecule has 1 fully saturated rings. The molecule has 1 heterocycles. The van der Waals surface area contributed by atoms with Gasteiger partial charge in [0.15, 0.2) is 0 Å². The van der Waals surface area contributed by atoms with Gasteiger partial charge in [-0.1, -0.05) is 60.1 Å². The standard InChI is InChI=1S/C29H22ClNO4/c1-2-35-24-15-13-23(14-16-24)31-26(19-9-11-22(30)12-10-19)25(28(33)29(31)34)27(32)21-8-7-18-5-3-4-6-20(18)17-21/h3-17,26,32H,2H2,1H3/b27-25-. The molecule has 0 aromatic heterocycles. The van der Waals surface area contributed by atoms with Crippen molar-refractivity contribution in [1.82, 2.24) is 0 Å². The summed E-state index contributed by atoms with van der Waals surface area (Å²) in [6.07, 6.45) is 0. The van der Waals surface area contributed by atoms with Crippen molar-refractivity contribution in [3.8, 4) is 5.75 Å². The summed E-state index contributed by atoms with van der Waals surface area (Å²) in [7, 11) is 0. The van der Waals surface area contributed by atoms with Gasteiger partial charge < -0.3 is 9.84 Å². The van der Waals surface area contributed by atoms with Gasteiger partial charge in [0, 0.05) is 16.3 Å². The maximum Gasteiger partial charge on any atom is 0.300 e. The van der Waals surface area contributed by atoms with Crippen LogP contribution < -0.4 is 9.64 Å². The van der Waals surface area contributed by atoms with Crippen LogP contribution in [-0.4, -0.2) is 23.4 Å². The van der Waals surface area contributed by atoms with Crippen molar-refractivity contribution in [3.63, 3.8) is 0 Å². The first-order valence-electron chi connectivity index (χ1n) is 11.3. The van der Waals surface area contributed by atoms with Gasteiger partial charge in [0.2, 0.25) is 0 Å². The average Bonchev–Trinajstić information content (AvgIpc) is 3.14. The van der Waals surface area contributed by atoms with Crippen LogP contribution in [0.3, 0.4) is 0 Å². The number of anilines is 1. The zero-order chi connectivity index (χ0) is 24.5. The number of carbonyl (C=O) groups is 2. The Morgan fingerprint density at radius 2 is 1.60 bits per heavy atom. The highest BCUT2D eigenvalue weighted by molar-refractivity contribution is 6.51. The first-order valence-corrected chi connectivity index (χ1v) is 11.6. The molecule has 174 valence electrons. The SMILES string of the molecule is CCOc1ccc(N2C(=O)C(=O)/C(=C(\O)c3ccc4ccccc4c3)C2c2ccc(Cl)cc2)cc1. The van der Waals surface area contributed by atoms with E-state index in [0.29, 0.717) is 34.2 Å². The molecular formula is C29H22ClNO4. The summed E-state index contributed by atoms with van der Waals surface area (Å²) in [5.41, 5.74) is 1.67. The molecule has 1 saturated heterocycles. The maximum absolute atomic E-state index is 13.3. The normalized spacial score (nSPS) is 17.2. The topological polar surface area (TPSA) is 66.8 Å². The molecule has 1 N–H and O–H groups in total. The Morgan fingerprint density at radius 3 is 2.29 bits per heavy atom. The smallest absolute Gasteiger partial charge is 0.300 e. The number of aliphatic hydroxyl groups excluding tert-OH is 1. The molecule has 1 amide bonds. The van der Waals surface area contributed by atoms with Gasteiger partial charge in [0.1, 0.15) is 11.5 Å². The summed E-state index contributed by atoms with van der Waals surface area (Å²) in [5.74, 6) is -1.02. The van der Waals surface area contributed by atoms with Crippen LogP contribution in [0.5, 0.6) is 5.75 Å². The summed E-state index contributed by atoms with van der Waals surface area (Å²) in [4.78, 5) is 28.0. The van der Waals surface area contributed by atoms with Crippen molar-refractivity contribution < 1.29 is 19.4 Å². The van der Waals surface area contributed by atoms with Crippen LogP contribution in [-0.2, 0) is 9.59 Å². The number of amides is 1. The number of aliphatic hydroxyl groups is 1. The lowest BCUT2D eigenvalue weighted by molar-refractivity contribution is -0.132. The fourth-order valence-electron chi connectivity index (χ4n) is 4.42. The maximum atomic E-state index is 13.3. The number of Topliss-reactive ketones (excluding diaryl/α,β-unsaturated/α-hetero) is 1. The van der Waals surface area contributed by atoms with Crippen molar-refractivity contribution in [3.05, 3.63) is 113 Å². The molecule has 5 rings (SSSR count). The monoisotopic (exact) mass is 483 g/mol. The third kappa shape index (κ3) is 4.15. The predicted molar refractivity (Wildman–Crippen MR) is 138 cm³/mol. The Labute approximate surface area is 207 Å². The summed E-state index contributed by atoms with van der Waals surface area (Å²) in [5, 5.41) is 13.8. The van der Waals surface area contributed by atoms with Gasteiger partial charge in [-0.3, -0.25) is 14.5 Å². The minimum Gasteiger partial charge on any atom is -0.507 e. The Bertz CT molecular complexity index is 1460. The molecule has 0 aliphatic carbocycles. The summed E-state index contributed by atoms with van der Waals surface area (Å²) in [6.45, 7) is 2.40. The Hall–Kier alpha value is -4.09. The number of benzene rings is 4. The van der Waals surface area contributed by atoms with Crippen LogP contribution in [0.4, 0.5) is 5.69 Å². The van der Waals surface area contributed by atoms with E-state index in [1.807, 2.05) is 43.3 Å². The zero-order valence-electron chi connectivity index (χ0n) is 18.9. The van der Waals surface area contributed by atoms with Crippen molar-refractivity contribution in [2.75, 3.05) is 11.5 Å². The molecule has 6 heteroatoms. The fourth-order valence-corrected chi connectivity index (χ4v) is 4.55. The van der Waals surface area contributed by atoms with Gasteiger partial charge in [0.05, 0.1) is 18.2 Å². The molecule has 1 aliphatic heterocycles. The van der Waals surface area contributed by atoms with E-state index in [0.717, 1.165) is 10.8 Å². The van der Waals surface area contributed by atoms with Crippen LogP contribution in [0.1, 0.15) is 24.1 Å². The number of halogens is 1. The largest absolute Gasteiger partial charge is 0.507 e. The number of rotatable bonds is 5.